The number of nitrogens with one attached hydrogen (secondary N) is 1. The topological polar surface area (TPSA) is 86.0 Å². The molecule has 0 heterocycles. The fraction of sp³-hybridized carbons (Fsp3) is 0.0952. The number of halogens is 1. The fourth-order valence-corrected chi connectivity index (χ4v) is 2.55. The normalized spacial score (nSPS) is 10.7. The van der Waals surface area contributed by atoms with E-state index in [1.54, 1.807) is 48.5 Å². The van der Waals surface area contributed by atoms with Crippen LogP contribution >= 0.6 is 0 Å². The molecule has 0 amide bonds. The zero-order valence-electron chi connectivity index (χ0n) is 15.5. The second-order valence-electron chi connectivity index (χ2n) is 5.93. The first-order valence-electron chi connectivity index (χ1n) is 8.65. The van der Waals surface area contributed by atoms with Crippen molar-refractivity contribution in [1.82, 2.24) is 0 Å². The Morgan fingerprint density at radius 1 is 1.10 bits per heavy atom. The van der Waals surface area contributed by atoms with E-state index in [2.05, 4.69) is 10.5 Å². The largest absolute Gasteiger partial charge is 0.493 e. The van der Waals surface area contributed by atoms with Gasteiger partial charge in [-0.1, -0.05) is 24.3 Å². The Hall–Kier alpha value is -3.94. The zero-order chi connectivity index (χ0) is 20.6. The van der Waals surface area contributed by atoms with Crippen LogP contribution in [0.25, 0.3) is 0 Å². The number of para-hydroxylation sites is 1. The minimum Gasteiger partial charge on any atom is -0.493 e. The number of non-ortho nitro benzene ring substituents is 1. The summed E-state index contributed by atoms with van der Waals surface area (Å²) in [6.07, 6.45) is 1.53. The van der Waals surface area contributed by atoms with Crippen molar-refractivity contribution in [3.63, 3.8) is 0 Å². The number of methoxy groups -OCH3 is 1. The summed E-state index contributed by atoms with van der Waals surface area (Å²) in [5.74, 6) is 0.561. The highest BCUT2D eigenvalue weighted by molar-refractivity contribution is 5.85. The quantitative estimate of drug-likeness (QED) is 0.337. The van der Waals surface area contributed by atoms with E-state index < -0.39 is 4.92 Å². The summed E-state index contributed by atoms with van der Waals surface area (Å²) < 4.78 is 25.0. The van der Waals surface area contributed by atoms with Crippen molar-refractivity contribution in [2.75, 3.05) is 12.5 Å². The molecule has 0 fully saturated rings. The minimum atomic E-state index is -0.470. The number of nitro benzene ring substituents is 1. The maximum Gasteiger partial charge on any atom is 0.269 e. The SMILES string of the molecule is COc1cccc(C=NNc2ccc([N+](=O)[O-])cc2)c1OCc1ccccc1F. The van der Waals surface area contributed by atoms with E-state index in [0.717, 1.165) is 0 Å². The van der Waals surface area contributed by atoms with Crippen LogP contribution in [0.2, 0.25) is 0 Å². The van der Waals surface area contributed by atoms with Crippen LogP contribution in [0.1, 0.15) is 11.1 Å². The first kappa shape index (κ1) is 19.8. The van der Waals surface area contributed by atoms with Gasteiger partial charge in [0.05, 0.1) is 23.9 Å². The van der Waals surface area contributed by atoms with Crippen molar-refractivity contribution < 1.29 is 18.8 Å². The number of ether oxygens (including phenoxy) is 2. The van der Waals surface area contributed by atoms with Crippen LogP contribution < -0.4 is 14.9 Å². The second kappa shape index (κ2) is 9.32. The Morgan fingerprint density at radius 2 is 1.86 bits per heavy atom. The first-order valence-corrected chi connectivity index (χ1v) is 8.65. The molecule has 0 bridgehead atoms. The number of nitrogens with zero attached hydrogens (tertiary/aromatic N) is 2. The second-order valence-corrected chi connectivity index (χ2v) is 5.93. The lowest BCUT2D eigenvalue weighted by atomic mass is 10.2. The average Bonchev–Trinajstić information content (AvgIpc) is 2.74. The Kier molecular flexibility index (Phi) is 6.36. The third-order valence-electron chi connectivity index (χ3n) is 4.03. The number of nitro groups is 1. The highest BCUT2D eigenvalue weighted by atomic mass is 19.1. The van der Waals surface area contributed by atoms with Crippen LogP contribution in [0.5, 0.6) is 11.5 Å². The molecule has 0 aliphatic heterocycles. The summed E-state index contributed by atoms with van der Waals surface area (Å²) in [5, 5.41) is 14.8. The number of benzene rings is 3. The van der Waals surface area contributed by atoms with Crippen LogP contribution in [-0.2, 0) is 6.61 Å². The Morgan fingerprint density at radius 3 is 2.55 bits per heavy atom. The molecule has 0 spiro atoms. The molecule has 3 aromatic carbocycles. The van der Waals surface area contributed by atoms with E-state index in [1.165, 1.54) is 31.5 Å². The highest BCUT2D eigenvalue weighted by Crippen LogP contribution is 2.31. The molecule has 1 N–H and O–H groups in total. The van der Waals surface area contributed by atoms with Gasteiger partial charge in [0.2, 0.25) is 0 Å². The molecular weight excluding hydrogens is 377 g/mol. The number of hydrazone groups is 1. The summed E-state index contributed by atoms with van der Waals surface area (Å²) in [6.45, 7) is 0.0314. The first-order chi connectivity index (χ1) is 14.1. The summed E-state index contributed by atoms with van der Waals surface area (Å²) >= 11 is 0. The van der Waals surface area contributed by atoms with Crippen molar-refractivity contribution in [1.29, 1.82) is 0 Å². The third kappa shape index (κ3) is 5.07. The molecule has 0 aliphatic rings. The summed E-state index contributed by atoms with van der Waals surface area (Å²) in [6, 6.07) is 17.5. The Labute approximate surface area is 166 Å². The van der Waals surface area contributed by atoms with E-state index in [1.807, 2.05) is 0 Å². The molecule has 148 valence electrons. The lowest BCUT2D eigenvalue weighted by Gasteiger charge is -2.13. The van der Waals surface area contributed by atoms with E-state index in [-0.39, 0.29) is 18.1 Å². The number of anilines is 1. The van der Waals surface area contributed by atoms with Crippen LogP contribution in [0.15, 0.2) is 71.8 Å². The molecule has 0 atom stereocenters. The molecular formula is C21H18FN3O4. The Balaban J connectivity index is 1.75. The van der Waals surface area contributed by atoms with Crippen molar-refractivity contribution in [3.8, 4) is 11.5 Å². The lowest BCUT2D eigenvalue weighted by Crippen LogP contribution is -2.03. The molecule has 0 saturated carbocycles. The molecule has 0 aliphatic carbocycles. The molecule has 3 rings (SSSR count). The van der Waals surface area contributed by atoms with Crippen LogP contribution in [0.3, 0.4) is 0 Å². The van der Waals surface area contributed by atoms with Crippen molar-refractivity contribution in [2.24, 2.45) is 5.10 Å². The van der Waals surface area contributed by atoms with Crippen LogP contribution in [0.4, 0.5) is 15.8 Å². The van der Waals surface area contributed by atoms with Gasteiger partial charge in [-0.3, -0.25) is 15.5 Å². The number of rotatable bonds is 8. The van der Waals surface area contributed by atoms with Gasteiger partial charge in [0.1, 0.15) is 12.4 Å². The smallest absolute Gasteiger partial charge is 0.269 e. The molecule has 0 aromatic heterocycles. The van der Waals surface area contributed by atoms with E-state index in [0.29, 0.717) is 28.3 Å². The van der Waals surface area contributed by atoms with Crippen molar-refractivity contribution in [2.45, 2.75) is 6.61 Å². The molecule has 8 heteroatoms. The number of hydrogen-bond donors (Lipinski definition) is 1. The molecule has 0 saturated heterocycles. The van der Waals surface area contributed by atoms with Crippen LogP contribution in [-0.4, -0.2) is 18.2 Å². The summed E-state index contributed by atoms with van der Waals surface area (Å²) in [4.78, 5) is 10.2. The van der Waals surface area contributed by atoms with Crippen molar-refractivity contribution >= 4 is 17.6 Å². The lowest BCUT2D eigenvalue weighted by molar-refractivity contribution is -0.384. The maximum atomic E-state index is 13.9. The van der Waals surface area contributed by atoms with Gasteiger partial charge in [-0.15, -0.1) is 0 Å². The highest BCUT2D eigenvalue weighted by Gasteiger charge is 2.11. The van der Waals surface area contributed by atoms with Crippen LogP contribution in [0, 0.1) is 15.9 Å². The van der Waals surface area contributed by atoms with Gasteiger partial charge < -0.3 is 9.47 Å². The predicted molar refractivity (Wildman–Crippen MR) is 108 cm³/mol. The fourth-order valence-electron chi connectivity index (χ4n) is 2.55. The maximum absolute atomic E-state index is 13.9. The monoisotopic (exact) mass is 395 g/mol. The van der Waals surface area contributed by atoms with Gasteiger partial charge in [0, 0.05) is 23.3 Å². The average molecular weight is 395 g/mol. The molecule has 3 aromatic rings. The number of hydrogen-bond acceptors (Lipinski definition) is 6. The third-order valence-corrected chi connectivity index (χ3v) is 4.03. The van der Waals surface area contributed by atoms with Gasteiger partial charge in [-0.25, -0.2) is 4.39 Å². The van der Waals surface area contributed by atoms with Gasteiger partial charge in [-0.05, 0) is 30.3 Å². The van der Waals surface area contributed by atoms with E-state index in [4.69, 9.17) is 9.47 Å². The van der Waals surface area contributed by atoms with Crippen molar-refractivity contribution in [3.05, 3.63) is 93.8 Å². The predicted octanol–water partition coefficient (Wildman–Crippen LogP) is 4.77. The van der Waals surface area contributed by atoms with E-state index >= 15 is 0 Å². The zero-order valence-corrected chi connectivity index (χ0v) is 15.5. The van der Waals surface area contributed by atoms with E-state index in [9.17, 15) is 14.5 Å². The minimum absolute atomic E-state index is 0.00356. The molecule has 0 unspecified atom stereocenters. The molecule has 7 nitrogen and oxygen atoms in total. The Bertz CT molecular complexity index is 1020. The standard InChI is InChI=1S/C21H18FN3O4/c1-28-20-8-4-6-15(21(20)29-14-16-5-2-3-7-19(16)22)13-23-24-17-9-11-18(12-10-17)25(26)27/h2-13,24H,14H2,1H3. The molecule has 29 heavy (non-hydrogen) atoms. The summed E-state index contributed by atoms with van der Waals surface area (Å²) in [5.41, 5.74) is 4.42. The van der Waals surface area contributed by atoms with Gasteiger partial charge in [0.25, 0.3) is 5.69 Å². The summed E-state index contributed by atoms with van der Waals surface area (Å²) in [7, 11) is 1.52. The van der Waals surface area contributed by atoms with Gasteiger partial charge in [0.15, 0.2) is 11.5 Å². The van der Waals surface area contributed by atoms with Gasteiger partial charge >= 0.3 is 0 Å². The molecule has 0 radical (unpaired) electrons. The van der Waals surface area contributed by atoms with Gasteiger partial charge in [-0.2, -0.15) is 5.10 Å².